The lowest BCUT2D eigenvalue weighted by Gasteiger charge is -2.35. The second-order valence-corrected chi connectivity index (χ2v) is 8.18. The van der Waals surface area contributed by atoms with Gasteiger partial charge in [0.05, 0.1) is 12.3 Å². The summed E-state index contributed by atoms with van der Waals surface area (Å²) in [4.78, 5) is 19.0. The highest BCUT2D eigenvalue weighted by Gasteiger charge is 2.20. The molecule has 2 aromatic carbocycles. The molecule has 0 radical (unpaired) electrons. The number of anilines is 1. The number of hydrogen-bond acceptors (Lipinski definition) is 6. The molecule has 1 N–H and O–H groups in total. The predicted molar refractivity (Wildman–Crippen MR) is 132 cm³/mol. The first-order valence-corrected chi connectivity index (χ1v) is 11.3. The highest BCUT2D eigenvalue weighted by Crippen LogP contribution is 2.29. The Morgan fingerprint density at radius 1 is 0.697 bits per heavy atom. The highest BCUT2D eigenvalue weighted by atomic mass is 16.3. The lowest BCUT2D eigenvalue weighted by Crippen LogP contribution is -2.47. The van der Waals surface area contributed by atoms with Crippen molar-refractivity contribution in [3.8, 4) is 33.8 Å². The number of β-amino-alcohol motifs (C(OH)–C–C–N with tert-alkyl or cyclic N) is 1. The van der Waals surface area contributed by atoms with Gasteiger partial charge in [-0.2, -0.15) is 0 Å². The van der Waals surface area contributed by atoms with E-state index in [0.29, 0.717) is 5.82 Å². The fourth-order valence-corrected chi connectivity index (χ4v) is 4.17. The molecule has 0 unspecified atom stereocenters. The Labute approximate surface area is 194 Å². The molecule has 6 heteroatoms. The van der Waals surface area contributed by atoms with Crippen LogP contribution < -0.4 is 4.90 Å². The maximum atomic E-state index is 9.25. The number of rotatable bonds is 6. The van der Waals surface area contributed by atoms with Crippen LogP contribution in [0, 0.1) is 0 Å². The third kappa shape index (κ3) is 4.92. The van der Waals surface area contributed by atoms with Gasteiger partial charge in [-0.1, -0.05) is 60.7 Å². The monoisotopic (exact) mass is 437 g/mol. The number of nitrogens with zero attached hydrogens (tertiary/aromatic N) is 5. The SMILES string of the molecule is OCCN1CCN(c2cc(-c3cncc(-c4ccccc4)c3)nc(-c3ccccc3)n2)CC1. The molecule has 1 fully saturated rings. The lowest BCUT2D eigenvalue weighted by molar-refractivity contribution is 0.188. The molecule has 0 spiro atoms. The lowest BCUT2D eigenvalue weighted by atomic mass is 10.0. The minimum atomic E-state index is 0.195. The van der Waals surface area contributed by atoms with E-state index in [2.05, 4.69) is 39.0 Å². The van der Waals surface area contributed by atoms with Crippen LogP contribution in [-0.4, -0.2) is 64.3 Å². The number of aliphatic hydroxyl groups excluding tert-OH is 1. The molecular weight excluding hydrogens is 410 g/mol. The molecule has 33 heavy (non-hydrogen) atoms. The number of benzene rings is 2. The average molecular weight is 438 g/mol. The fraction of sp³-hybridized carbons (Fsp3) is 0.222. The van der Waals surface area contributed by atoms with E-state index in [1.165, 1.54) is 0 Å². The van der Waals surface area contributed by atoms with Gasteiger partial charge in [0.15, 0.2) is 5.82 Å². The molecular formula is C27H27N5O. The third-order valence-corrected chi connectivity index (χ3v) is 6.00. The molecule has 0 aliphatic carbocycles. The summed E-state index contributed by atoms with van der Waals surface area (Å²) in [5, 5.41) is 9.25. The van der Waals surface area contributed by atoms with Crippen molar-refractivity contribution in [3.05, 3.63) is 85.2 Å². The molecule has 6 nitrogen and oxygen atoms in total. The molecule has 0 atom stereocenters. The van der Waals surface area contributed by atoms with Crippen molar-refractivity contribution in [1.82, 2.24) is 19.9 Å². The predicted octanol–water partition coefficient (Wildman–Crippen LogP) is 3.99. The zero-order valence-corrected chi connectivity index (χ0v) is 18.5. The zero-order chi connectivity index (χ0) is 22.5. The van der Waals surface area contributed by atoms with Crippen LogP contribution in [0.1, 0.15) is 0 Å². The van der Waals surface area contributed by atoms with E-state index in [-0.39, 0.29) is 6.61 Å². The standard InChI is InChI=1S/C27H27N5O/c33-16-15-31-11-13-32(14-12-31)26-18-25(29-27(30-26)22-9-5-2-6-10-22)24-17-23(19-28-20-24)21-7-3-1-4-8-21/h1-10,17-20,33H,11-16H2. The molecule has 0 amide bonds. The normalized spacial score (nSPS) is 14.4. The Bertz CT molecular complexity index is 1190. The van der Waals surface area contributed by atoms with Crippen molar-refractivity contribution < 1.29 is 5.11 Å². The van der Waals surface area contributed by atoms with Crippen molar-refractivity contribution >= 4 is 5.82 Å². The first kappa shape index (κ1) is 21.2. The number of aromatic nitrogens is 3. The molecule has 1 aliphatic rings. The molecule has 4 aromatic rings. The third-order valence-electron chi connectivity index (χ3n) is 6.00. The molecule has 3 heterocycles. The molecule has 5 rings (SSSR count). The van der Waals surface area contributed by atoms with Gasteiger partial charge in [0.1, 0.15) is 5.82 Å². The molecule has 1 aliphatic heterocycles. The van der Waals surface area contributed by atoms with Crippen molar-refractivity contribution in [2.45, 2.75) is 0 Å². The average Bonchev–Trinajstić information content (AvgIpc) is 2.90. The van der Waals surface area contributed by atoms with E-state index in [4.69, 9.17) is 9.97 Å². The van der Waals surface area contributed by atoms with Gasteiger partial charge in [-0.25, -0.2) is 9.97 Å². The summed E-state index contributed by atoms with van der Waals surface area (Å²) >= 11 is 0. The number of pyridine rings is 1. The molecule has 1 saturated heterocycles. The van der Waals surface area contributed by atoms with E-state index in [0.717, 1.165) is 66.5 Å². The Morgan fingerprint density at radius 3 is 2.06 bits per heavy atom. The quantitative estimate of drug-likeness (QED) is 0.492. The largest absolute Gasteiger partial charge is 0.395 e. The maximum Gasteiger partial charge on any atom is 0.162 e. The Morgan fingerprint density at radius 2 is 1.36 bits per heavy atom. The van der Waals surface area contributed by atoms with E-state index in [1.54, 1.807) is 0 Å². The maximum absolute atomic E-state index is 9.25. The summed E-state index contributed by atoms with van der Waals surface area (Å²) in [5.74, 6) is 1.64. The van der Waals surface area contributed by atoms with Gasteiger partial charge in [-0.05, 0) is 11.6 Å². The molecule has 2 aromatic heterocycles. The van der Waals surface area contributed by atoms with Gasteiger partial charge in [0.25, 0.3) is 0 Å². The van der Waals surface area contributed by atoms with Gasteiger partial charge in [-0.3, -0.25) is 9.88 Å². The Balaban J connectivity index is 1.53. The topological polar surface area (TPSA) is 65.4 Å². The zero-order valence-electron chi connectivity index (χ0n) is 18.5. The highest BCUT2D eigenvalue weighted by molar-refractivity contribution is 5.73. The van der Waals surface area contributed by atoms with E-state index >= 15 is 0 Å². The number of aliphatic hydroxyl groups is 1. The van der Waals surface area contributed by atoms with Crippen molar-refractivity contribution in [2.75, 3.05) is 44.2 Å². The molecule has 166 valence electrons. The Hall–Kier alpha value is -3.61. The van der Waals surface area contributed by atoms with Gasteiger partial charge in [-0.15, -0.1) is 0 Å². The van der Waals surface area contributed by atoms with Crippen LogP contribution in [0.25, 0.3) is 33.8 Å². The summed E-state index contributed by atoms with van der Waals surface area (Å²) < 4.78 is 0. The second-order valence-electron chi connectivity index (χ2n) is 8.18. The second kappa shape index (κ2) is 9.90. The minimum absolute atomic E-state index is 0.195. The van der Waals surface area contributed by atoms with Crippen LogP contribution >= 0.6 is 0 Å². The van der Waals surface area contributed by atoms with Crippen molar-refractivity contribution in [2.24, 2.45) is 0 Å². The summed E-state index contributed by atoms with van der Waals surface area (Å²) in [5.41, 5.74) is 5.02. The number of piperazine rings is 1. The van der Waals surface area contributed by atoms with E-state index < -0.39 is 0 Å². The Kier molecular flexibility index (Phi) is 6.37. The van der Waals surface area contributed by atoms with Crippen LogP contribution in [0.4, 0.5) is 5.82 Å². The smallest absolute Gasteiger partial charge is 0.162 e. The van der Waals surface area contributed by atoms with Crippen LogP contribution in [0.2, 0.25) is 0 Å². The first-order valence-electron chi connectivity index (χ1n) is 11.3. The van der Waals surface area contributed by atoms with Gasteiger partial charge in [0.2, 0.25) is 0 Å². The number of hydrogen-bond donors (Lipinski definition) is 1. The van der Waals surface area contributed by atoms with E-state index in [9.17, 15) is 5.11 Å². The summed E-state index contributed by atoms with van der Waals surface area (Å²) in [6, 6.07) is 24.6. The van der Waals surface area contributed by atoms with E-state index in [1.807, 2.05) is 60.9 Å². The summed E-state index contributed by atoms with van der Waals surface area (Å²) in [6.07, 6.45) is 3.76. The fourth-order valence-electron chi connectivity index (χ4n) is 4.17. The van der Waals surface area contributed by atoms with Gasteiger partial charge < -0.3 is 10.0 Å². The minimum Gasteiger partial charge on any atom is -0.395 e. The van der Waals surface area contributed by atoms with Crippen molar-refractivity contribution in [3.63, 3.8) is 0 Å². The van der Waals surface area contributed by atoms with Crippen LogP contribution in [0.3, 0.4) is 0 Å². The van der Waals surface area contributed by atoms with Gasteiger partial charge in [0, 0.05) is 67.9 Å². The van der Waals surface area contributed by atoms with Crippen LogP contribution in [0.15, 0.2) is 85.2 Å². The van der Waals surface area contributed by atoms with Gasteiger partial charge >= 0.3 is 0 Å². The molecule has 0 saturated carbocycles. The van der Waals surface area contributed by atoms with Crippen LogP contribution in [0.5, 0.6) is 0 Å². The van der Waals surface area contributed by atoms with Crippen molar-refractivity contribution in [1.29, 1.82) is 0 Å². The molecule has 0 bridgehead atoms. The first-order chi connectivity index (χ1) is 16.3. The summed E-state index contributed by atoms with van der Waals surface area (Å²) in [6.45, 7) is 4.47. The van der Waals surface area contributed by atoms with Crippen LogP contribution in [-0.2, 0) is 0 Å². The summed E-state index contributed by atoms with van der Waals surface area (Å²) in [7, 11) is 0.